The van der Waals surface area contributed by atoms with Gasteiger partial charge in [0.15, 0.2) is 0 Å². The van der Waals surface area contributed by atoms with Gasteiger partial charge >= 0.3 is 0 Å². The van der Waals surface area contributed by atoms with Crippen molar-refractivity contribution in [3.63, 3.8) is 0 Å². The Balaban J connectivity index is 1.55. The molecule has 1 amide bonds. The molecule has 1 aliphatic carbocycles. The van der Waals surface area contributed by atoms with Gasteiger partial charge in [0.2, 0.25) is 5.91 Å². The quantitative estimate of drug-likeness (QED) is 0.803. The van der Waals surface area contributed by atoms with Crippen LogP contribution in [-0.4, -0.2) is 46.1 Å². The van der Waals surface area contributed by atoms with Crippen molar-refractivity contribution in [2.24, 2.45) is 5.92 Å². The number of aromatic nitrogens is 3. The zero-order valence-corrected chi connectivity index (χ0v) is 14.7. The van der Waals surface area contributed by atoms with Crippen LogP contribution < -0.4 is 0 Å². The van der Waals surface area contributed by atoms with Crippen LogP contribution in [0.15, 0.2) is 17.5 Å². The van der Waals surface area contributed by atoms with Crippen LogP contribution in [0, 0.1) is 5.92 Å². The lowest BCUT2D eigenvalue weighted by Gasteiger charge is -2.34. The van der Waals surface area contributed by atoms with Crippen molar-refractivity contribution in [1.82, 2.24) is 19.9 Å². The van der Waals surface area contributed by atoms with E-state index in [2.05, 4.69) is 15.0 Å². The lowest BCUT2D eigenvalue weighted by atomic mass is 10.0. The number of carbonyl (C=O) groups is 1. The summed E-state index contributed by atoms with van der Waals surface area (Å²) in [5.41, 5.74) is 2.10. The monoisotopic (exact) mass is 346 g/mol. The molecule has 0 N–H and O–H groups in total. The van der Waals surface area contributed by atoms with E-state index in [4.69, 9.17) is 4.74 Å². The Hall–Kier alpha value is -1.73. The minimum Gasteiger partial charge on any atom is -0.382 e. The summed E-state index contributed by atoms with van der Waals surface area (Å²) < 4.78 is 7.44. The van der Waals surface area contributed by atoms with Crippen LogP contribution in [0.1, 0.15) is 35.1 Å². The van der Waals surface area contributed by atoms with Gasteiger partial charge in [-0.2, -0.15) is 0 Å². The molecule has 0 aromatic carbocycles. The number of hydrogen-bond donors (Lipinski definition) is 0. The van der Waals surface area contributed by atoms with E-state index in [1.165, 1.54) is 18.5 Å². The Morgan fingerprint density at radius 3 is 3.04 bits per heavy atom. The fourth-order valence-corrected chi connectivity index (χ4v) is 4.07. The number of amides is 1. The highest BCUT2D eigenvalue weighted by Gasteiger charge is 2.35. The van der Waals surface area contributed by atoms with Crippen LogP contribution in [0.25, 0.3) is 0 Å². The highest BCUT2D eigenvalue weighted by molar-refractivity contribution is 7.10. The average molecular weight is 346 g/mol. The van der Waals surface area contributed by atoms with E-state index in [1.54, 1.807) is 18.4 Å². The van der Waals surface area contributed by atoms with Crippen LogP contribution in [-0.2, 0) is 28.9 Å². The van der Waals surface area contributed by atoms with Gasteiger partial charge in [-0.1, -0.05) is 11.3 Å². The maximum atomic E-state index is 12.8. The zero-order chi connectivity index (χ0) is 16.5. The minimum atomic E-state index is -0.126. The molecule has 3 heterocycles. The number of methoxy groups -OCH3 is 1. The summed E-state index contributed by atoms with van der Waals surface area (Å²) >= 11 is 1.62. The number of rotatable bonds is 6. The minimum absolute atomic E-state index is 0.126. The molecule has 0 saturated heterocycles. The predicted molar refractivity (Wildman–Crippen MR) is 90.8 cm³/mol. The van der Waals surface area contributed by atoms with Gasteiger partial charge in [0, 0.05) is 31.5 Å². The Labute approximate surface area is 145 Å². The first-order valence-corrected chi connectivity index (χ1v) is 9.37. The van der Waals surface area contributed by atoms with Gasteiger partial charge in [-0.05, 0) is 30.2 Å². The molecule has 1 aliphatic heterocycles. The van der Waals surface area contributed by atoms with Crippen molar-refractivity contribution in [3.05, 3.63) is 33.8 Å². The van der Waals surface area contributed by atoms with Crippen molar-refractivity contribution in [2.45, 2.75) is 38.3 Å². The predicted octanol–water partition coefficient (Wildman–Crippen LogP) is 2.06. The third kappa shape index (κ3) is 3.10. The molecule has 7 heteroatoms. The molecule has 0 radical (unpaired) electrons. The van der Waals surface area contributed by atoms with Gasteiger partial charge in [-0.3, -0.25) is 4.79 Å². The third-order valence-electron chi connectivity index (χ3n) is 4.83. The van der Waals surface area contributed by atoms with E-state index in [9.17, 15) is 4.79 Å². The lowest BCUT2D eigenvalue weighted by molar-refractivity contribution is -0.134. The normalized spacial score (nSPS) is 20.2. The lowest BCUT2D eigenvalue weighted by Crippen LogP contribution is -2.43. The molecule has 24 heavy (non-hydrogen) atoms. The molecule has 0 spiro atoms. The molecule has 2 aliphatic rings. The summed E-state index contributed by atoms with van der Waals surface area (Å²) in [6.45, 7) is 2.14. The summed E-state index contributed by atoms with van der Waals surface area (Å²) in [6, 6.07) is 3.87. The molecule has 6 nitrogen and oxygen atoms in total. The molecule has 1 atom stereocenters. The van der Waals surface area contributed by atoms with E-state index in [0.29, 0.717) is 19.6 Å². The van der Waals surface area contributed by atoms with Crippen molar-refractivity contribution in [2.75, 3.05) is 20.3 Å². The van der Waals surface area contributed by atoms with Crippen molar-refractivity contribution in [3.8, 4) is 0 Å². The van der Waals surface area contributed by atoms with E-state index in [1.807, 2.05) is 22.4 Å². The summed E-state index contributed by atoms with van der Waals surface area (Å²) in [4.78, 5) is 15.8. The number of nitrogens with zero attached hydrogens (tertiary/aromatic N) is 4. The average Bonchev–Trinajstić information content (AvgIpc) is 3.06. The summed E-state index contributed by atoms with van der Waals surface area (Å²) in [6.07, 6.45) is 3.86. The first-order valence-electron chi connectivity index (χ1n) is 8.49. The van der Waals surface area contributed by atoms with Crippen molar-refractivity contribution >= 4 is 17.2 Å². The number of hydrogen-bond acceptors (Lipinski definition) is 5. The van der Waals surface area contributed by atoms with E-state index in [-0.39, 0.29) is 11.9 Å². The maximum Gasteiger partial charge on any atom is 0.228 e. The number of thiophene rings is 1. The van der Waals surface area contributed by atoms with Gasteiger partial charge in [0.25, 0.3) is 0 Å². The smallest absolute Gasteiger partial charge is 0.228 e. The molecule has 4 rings (SSSR count). The second kappa shape index (κ2) is 6.64. The van der Waals surface area contributed by atoms with Crippen LogP contribution in [0.5, 0.6) is 0 Å². The van der Waals surface area contributed by atoms with Crippen molar-refractivity contribution < 1.29 is 9.53 Å². The molecule has 2 aromatic heterocycles. The first-order chi connectivity index (χ1) is 11.8. The summed E-state index contributed by atoms with van der Waals surface area (Å²) in [5.74, 6) is 0.900. The highest BCUT2D eigenvalue weighted by Crippen LogP contribution is 2.33. The third-order valence-corrected chi connectivity index (χ3v) is 5.70. The number of fused-ring (bicyclic) bond motifs is 1. The molecular weight excluding hydrogens is 324 g/mol. The Morgan fingerprint density at radius 2 is 2.33 bits per heavy atom. The molecular formula is C17H22N4O2S. The van der Waals surface area contributed by atoms with E-state index >= 15 is 0 Å². The Bertz CT molecular complexity index is 708. The second-order valence-electron chi connectivity index (χ2n) is 6.61. The molecule has 1 fully saturated rings. The molecule has 1 saturated carbocycles. The topological polar surface area (TPSA) is 60.3 Å². The van der Waals surface area contributed by atoms with E-state index < -0.39 is 0 Å². The molecule has 0 unspecified atom stereocenters. The highest BCUT2D eigenvalue weighted by atomic mass is 32.1. The second-order valence-corrected chi connectivity index (χ2v) is 7.64. The number of ether oxygens (including phenoxy) is 1. The van der Waals surface area contributed by atoms with Crippen LogP contribution in [0.3, 0.4) is 0 Å². The van der Waals surface area contributed by atoms with Gasteiger partial charge in [-0.25, -0.2) is 4.68 Å². The maximum absolute atomic E-state index is 12.8. The Kier molecular flexibility index (Phi) is 4.37. The van der Waals surface area contributed by atoms with Crippen LogP contribution in [0.2, 0.25) is 0 Å². The number of carbonyl (C=O) groups excluding carboxylic acids is 1. The van der Waals surface area contributed by atoms with E-state index in [0.717, 1.165) is 29.5 Å². The standard InChI is InChI=1S/C17H22N4O2S/c1-23-11-15-17-14(21(19-18-17)10-12-4-5-12)6-7-20(15)16(22)9-13-3-2-8-24-13/h2-3,8,12,15H,4-7,9-11H2,1H3/t15-/m0/s1. The van der Waals surface area contributed by atoms with Gasteiger partial charge < -0.3 is 9.64 Å². The van der Waals surface area contributed by atoms with Gasteiger partial charge in [0.05, 0.1) is 18.7 Å². The van der Waals surface area contributed by atoms with Crippen LogP contribution >= 0.6 is 11.3 Å². The van der Waals surface area contributed by atoms with Crippen LogP contribution in [0.4, 0.5) is 0 Å². The van der Waals surface area contributed by atoms with Crippen molar-refractivity contribution in [1.29, 1.82) is 0 Å². The largest absolute Gasteiger partial charge is 0.382 e. The molecule has 128 valence electrons. The Morgan fingerprint density at radius 1 is 1.46 bits per heavy atom. The van der Waals surface area contributed by atoms with Gasteiger partial charge in [-0.15, -0.1) is 16.4 Å². The zero-order valence-electron chi connectivity index (χ0n) is 13.9. The fraction of sp³-hybridized carbons (Fsp3) is 0.588. The summed E-state index contributed by atoms with van der Waals surface area (Å²) in [5, 5.41) is 10.8. The van der Waals surface area contributed by atoms with Gasteiger partial charge in [0.1, 0.15) is 11.7 Å². The molecule has 0 bridgehead atoms. The summed E-state index contributed by atoms with van der Waals surface area (Å²) in [7, 11) is 1.67. The SMILES string of the molecule is COC[C@H]1c2nnn(CC3CC3)c2CCN1C(=O)Cc1cccs1. The first kappa shape index (κ1) is 15.8. The molecule has 2 aromatic rings. The fourth-order valence-electron chi connectivity index (χ4n) is 3.37.